The maximum Gasteiger partial charge on any atom is 0.334 e. The Morgan fingerprint density at radius 3 is 2.24 bits per heavy atom. The zero-order chi connectivity index (χ0) is 24.3. The van der Waals surface area contributed by atoms with Crippen molar-refractivity contribution in [2.45, 2.75) is 38.5 Å². The monoisotopic (exact) mass is 507 g/mol. The number of amides is 2. The van der Waals surface area contributed by atoms with Gasteiger partial charge in [0.25, 0.3) is 5.24 Å². The van der Waals surface area contributed by atoms with Crippen molar-refractivity contribution < 1.29 is 32.6 Å². The summed E-state index contributed by atoms with van der Waals surface area (Å²) in [5, 5.41) is 1.62. The topological polar surface area (TPSA) is 92.3 Å². The summed E-state index contributed by atoms with van der Waals surface area (Å²) in [6.07, 6.45) is 0.127. The minimum atomic E-state index is -1.45. The lowest BCUT2D eigenvalue weighted by atomic mass is 10.1. The summed E-state index contributed by atoms with van der Waals surface area (Å²) in [7, 11) is -1.45. The lowest BCUT2D eigenvalue weighted by molar-refractivity contribution is -0.118. The molecule has 0 bridgehead atoms. The molecule has 2 aromatic carbocycles. The summed E-state index contributed by atoms with van der Waals surface area (Å²) in [6.45, 7) is 7.07. The summed E-state index contributed by atoms with van der Waals surface area (Å²) in [4.78, 5) is 23.1. The predicted octanol–water partition coefficient (Wildman–Crippen LogP) is 5.30. The number of nitrogens with one attached hydrogen (secondary N) is 1. The van der Waals surface area contributed by atoms with Crippen LogP contribution in [0, 0.1) is 6.92 Å². The van der Waals surface area contributed by atoms with Crippen molar-refractivity contribution in [3.05, 3.63) is 65.2 Å². The van der Waals surface area contributed by atoms with Crippen LogP contribution in [0.3, 0.4) is 0 Å². The van der Waals surface area contributed by atoms with Crippen LogP contribution in [0.1, 0.15) is 36.6 Å². The van der Waals surface area contributed by atoms with Gasteiger partial charge in [0.05, 0.1) is 18.5 Å². The molecule has 1 saturated heterocycles. The fraction of sp³-hybridized carbons (Fsp3) is 0.417. The fourth-order valence-corrected chi connectivity index (χ4v) is 4.79. The van der Waals surface area contributed by atoms with Crippen LogP contribution in [0.2, 0.25) is 0 Å². The second kappa shape index (κ2) is 13.8. The molecule has 1 heterocycles. The minimum absolute atomic E-state index is 0.00633. The summed E-state index contributed by atoms with van der Waals surface area (Å²) >= 11 is 1.03. The minimum Gasteiger partial charge on any atom is -0.491 e. The highest BCUT2D eigenvalue weighted by Gasteiger charge is 2.31. The first-order chi connectivity index (χ1) is 16.5. The molecule has 2 atom stereocenters. The number of ether oxygens (including phenoxy) is 2. The number of carbonyl (C=O) groups is 2. The van der Waals surface area contributed by atoms with E-state index in [4.69, 9.17) is 23.0 Å². The SMILES string of the molecule is CCOP(OCC)OCOC(COc1ccc(CC2SC(=O)NC2=O)cc1)c1ccc(C)cc1. The third kappa shape index (κ3) is 8.34. The third-order valence-corrected chi connectivity index (χ3v) is 7.09. The van der Waals surface area contributed by atoms with Crippen molar-refractivity contribution in [1.82, 2.24) is 5.32 Å². The van der Waals surface area contributed by atoms with Gasteiger partial charge in [-0.15, -0.1) is 0 Å². The molecule has 2 amide bonds. The molecule has 2 unspecified atom stereocenters. The van der Waals surface area contributed by atoms with E-state index < -0.39 is 13.9 Å². The van der Waals surface area contributed by atoms with Gasteiger partial charge in [0.1, 0.15) is 18.5 Å². The molecule has 3 rings (SSSR count). The summed E-state index contributed by atoms with van der Waals surface area (Å²) in [5.41, 5.74) is 3.08. The Bertz CT molecular complexity index is 920. The molecule has 0 aromatic heterocycles. The number of carbonyl (C=O) groups excluding carboxylic acids is 2. The lowest BCUT2D eigenvalue weighted by Crippen LogP contribution is -2.25. The fourth-order valence-electron chi connectivity index (χ4n) is 3.14. The number of hydrogen-bond acceptors (Lipinski definition) is 8. The van der Waals surface area contributed by atoms with Crippen molar-refractivity contribution in [2.24, 2.45) is 0 Å². The molecule has 8 nitrogen and oxygen atoms in total. The van der Waals surface area contributed by atoms with Gasteiger partial charge in [-0.1, -0.05) is 53.7 Å². The Kier molecular flexibility index (Phi) is 10.8. The summed E-state index contributed by atoms with van der Waals surface area (Å²) in [5.74, 6) is 0.434. The van der Waals surface area contributed by atoms with Gasteiger partial charge in [0, 0.05) is 0 Å². The van der Waals surface area contributed by atoms with Crippen LogP contribution >= 0.6 is 20.4 Å². The van der Waals surface area contributed by atoms with E-state index in [-0.39, 0.29) is 30.7 Å². The Hall–Kier alpha value is -2.00. The molecule has 34 heavy (non-hydrogen) atoms. The zero-order valence-corrected chi connectivity index (χ0v) is 21.2. The molecule has 1 aliphatic rings. The molecule has 0 spiro atoms. The van der Waals surface area contributed by atoms with Crippen LogP contribution in [0.4, 0.5) is 4.79 Å². The molecule has 1 N–H and O–H groups in total. The molecule has 184 valence electrons. The highest BCUT2D eigenvalue weighted by molar-refractivity contribution is 8.15. The Labute approximate surface area is 205 Å². The first kappa shape index (κ1) is 26.6. The second-order valence-electron chi connectivity index (χ2n) is 7.41. The largest absolute Gasteiger partial charge is 0.491 e. The maximum absolute atomic E-state index is 11.8. The van der Waals surface area contributed by atoms with Crippen molar-refractivity contribution in [1.29, 1.82) is 0 Å². The van der Waals surface area contributed by atoms with E-state index in [1.165, 1.54) is 0 Å². The third-order valence-electron chi connectivity index (χ3n) is 4.86. The van der Waals surface area contributed by atoms with Crippen LogP contribution in [-0.2, 0) is 29.5 Å². The first-order valence-corrected chi connectivity index (χ1v) is 13.1. The Balaban J connectivity index is 1.57. The van der Waals surface area contributed by atoms with Crippen molar-refractivity contribution >= 4 is 31.5 Å². The van der Waals surface area contributed by atoms with Crippen LogP contribution in [0.25, 0.3) is 0 Å². The average Bonchev–Trinajstić information content (AvgIpc) is 3.14. The van der Waals surface area contributed by atoms with E-state index in [0.717, 1.165) is 28.5 Å². The van der Waals surface area contributed by atoms with Crippen LogP contribution in [0.5, 0.6) is 5.75 Å². The van der Waals surface area contributed by atoms with Gasteiger partial charge in [-0.3, -0.25) is 19.4 Å². The van der Waals surface area contributed by atoms with Gasteiger partial charge in [-0.2, -0.15) is 0 Å². The molecule has 0 aliphatic carbocycles. The van der Waals surface area contributed by atoms with Crippen molar-refractivity contribution in [2.75, 3.05) is 26.6 Å². The molecule has 2 aromatic rings. The average molecular weight is 508 g/mol. The molecular formula is C24H30NO7PS. The van der Waals surface area contributed by atoms with E-state index in [1.54, 1.807) is 0 Å². The van der Waals surface area contributed by atoms with Crippen LogP contribution < -0.4 is 10.1 Å². The van der Waals surface area contributed by atoms with Crippen molar-refractivity contribution in [3.63, 3.8) is 0 Å². The number of aryl methyl sites for hydroxylation is 1. The molecular weight excluding hydrogens is 477 g/mol. The van der Waals surface area contributed by atoms with Gasteiger partial charge >= 0.3 is 8.60 Å². The summed E-state index contributed by atoms with van der Waals surface area (Å²) < 4.78 is 28.5. The number of benzene rings is 2. The van der Waals surface area contributed by atoms with Crippen LogP contribution in [0.15, 0.2) is 48.5 Å². The van der Waals surface area contributed by atoms with Gasteiger partial charge in [-0.25, -0.2) is 0 Å². The molecule has 1 fully saturated rings. The van der Waals surface area contributed by atoms with E-state index in [1.807, 2.05) is 69.3 Å². The standard InChI is InChI=1S/C24H30NO7PS/c1-4-30-33(31-5-2)32-16-29-21(19-10-6-17(3)7-11-19)15-28-20-12-8-18(9-13-20)14-22-23(26)25-24(27)34-22/h6-13,21-22H,4-5,14-16H2,1-3H3,(H,25,26,27). The van der Waals surface area contributed by atoms with Gasteiger partial charge in [0.15, 0.2) is 6.79 Å². The number of hydrogen-bond donors (Lipinski definition) is 1. The number of thioether (sulfide) groups is 1. The van der Waals surface area contributed by atoms with E-state index in [2.05, 4.69) is 5.32 Å². The highest BCUT2D eigenvalue weighted by Crippen LogP contribution is 2.39. The van der Waals surface area contributed by atoms with Crippen LogP contribution in [-0.4, -0.2) is 43.0 Å². The van der Waals surface area contributed by atoms with Gasteiger partial charge < -0.3 is 18.5 Å². The molecule has 1 aliphatic heterocycles. The zero-order valence-electron chi connectivity index (χ0n) is 19.5. The molecule has 0 radical (unpaired) electrons. The first-order valence-electron chi connectivity index (χ1n) is 11.1. The molecule has 0 saturated carbocycles. The normalized spacial score (nSPS) is 16.6. The number of rotatable bonds is 14. The summed E-state index contributed by atoms with van der Waals surface area (Å²) in [6, 6.07) is 15.6. The van der Waals surface area contributed by atoms with Crippen molar-refractivity contribution in [3.8, 4) is 5.75 Å². The molecule has 10 heteroatoms. The van der Waals surface area contributed by atoms with E-state index >= 15 is 0 Å². The van der Waals surface area contributed by atoms with Gasteiger partial charge in [0.2, 0.25) is 5.91 Å². The van der Waals surface area contributed by atoms with Gasteiger partial charge in [-0.05, 0) is 50.5 Å². The smallest absolute Gasteiger partial charge is 0.334 e. The second-order valence-corrected chi connectivity index (χ2v) is 9.81. The van der Waals surface area contributed by atoms with E-state index in [0.29, 0.717) is 25.4 Å². The predicted molar refractivity (Wildman–Crippen MR) is 132 cm³/mol. The number of imide groups is 1. The quantitative estimate of drug-likeness (QED) is 0.272. The maximum atomic E-state index is 11.8. The van der Waals surface area contributed by atoms with E-state index in [9.17, 15) is 9.59 Å². The highest BCUT2D eigenvalue weighted by atomic mass is 32.2. The lowest BCUT2D eigenvalue weighted by Gasteiger charge is -2.21. The Morgan fingerprint density at radius 2 is 1.65 bits per heavy atom. The Morgan fingerprint density at radius 1 is 0.971 bits per heavy atom.